The number of Topliss-reactive ketones (excluding diaryl/α,β-unsaturated/α-hetero) is 1. The van der Waals surface area contributed by atoms with E-state index in [1.54, 1.807) is 66.7 Å². The first kappa shape index (κ1) is 23.8. The van der Waals surface area contributed by atoms with Gasteiger partial charge in [0.1, 0.15) is 5.75 Å². The van der Waals surface area contributed by atoms with Gasteiger partial charge in [0.05, 0.1) is 29.8 Å². The predicted octanol–water partition coefficient (Wildman–Crippen LogP) is 4.68. The van der Waals surface area contributed by atoms with Crippen LogP contribution in [0, 0.1) is 0 Å². The monoisotopic (exact) mass is 488 g/mol. The zero-order valence-electron chi connectivity index (χ0n) is 18.7. The molecule has 0 fully saturated rings. The van der Waals surface area contributed by atoms with E-state index in [1.165, 1.54) is 0 Å². The lowest BCUT2D eigenvalue weighted by Gasteiger charge is -2.11. The number of hydrogen-bond acceptors (Lipinski definition) is 6. The number of rotatable bonds is 8. The summed E-state index contributed by atoms with van der Waals surface area (Å²) in [4.78, 5) is 47.2. The van der Waals surface area contributed by atoms with Crippen molar-refractivity contribution in [2.24, 2.45) is 0 Å². The molecule has 0 aliphatic heterocycles. The first-order valence-corrected chi connectivity index (χ1v) is 11.2. The summed E-state index contributed by atoms with van der Waals surface area (Å²) in [6.45, 7) is 2.38. The van der Waals surface area contributed by atoms with Crippen LogP contribution in [0.25, 0.3) is 11.0 Å². The number of amides is 2. The number of ether oxygens (including phenoxy) is 1. The number of anilines is 2. The first-order valence-electron chi connectivity index (χ1n) is 10.8. The van der Waals surface area contributed by atoms with E-state index in [0.29, 0.717) is 39.8 Å². The smallest absolute Gasteiger partial charge is 0.292 e. The second kappa shape index (κ2) is 10.8. The van der Waals surface area contributed by atoms with Crippen LogP contribution < -0.4 is 15.4 Å². The summed E-state index contributed by atoms with van der Waals surface area (Å²) in [6.07, 6.45) is -0.421. The molecule has 1 heterocycles. The van der Waals surface area contributed by atoms with Crippen LogP contribution in [0.1, 0.15) is 23.1 Å². The maximum atomic E-state index is 13.0. The zero-order chi connectivity index (χ0) is 24.8. The molecule has 0 bridgehead atoms. The van der Waals surface area contributed by atoms with Gasteiger partial charge in [-0.2, -0.15) is 0 Å². The number of halogens is 1. The molecule has 35 heavy (non-hydrogen) atoms. The van der Waals surface area contributed by atoms with Gasteiger partial charge in [0.2, 0.25) is 5.78 Å². The Balaban J connectivity index is 1.58. The quantitative estimate of drug-likeness (QED) is 0.348. The highest BCUT2D eigenvalue weighted by Gasteiger charge is 2.23. The molecule has 4 aromatic rings. The Kier molecular flexibility index (Phi) is 7.32. The third-order valence-corrected chi connectivity index (χ3v) is 5.18. The Morgan fingerprint density at radius 3 is 2.29 bits per heavy atom. The molecule has 0 saturated carbocycles. The van der Waals surface area contributed by atoms with Gasteiger partial charge in [0, 0.05) is 16.4 Å². The van der Waals surface area contributed by atoms with Gasteiger partial charge in [0.15, 0.2) is 5.69 Å². The lowest BCUT2D eigenvalue weighted by atomic mass is 10.1. The number of hydrogen-bond donors (Lipinski definition) is 2. The van der Waals surface area contributed by atoms with E-state index in [-0.39, 0.29) is 11.4 Å². The number of nitrogens with zero attached hydrogens (tertiary/aromatic N) is 2. The van der Waals surface area contributed by atoms with Crippen molar-refractivity contribution in [3.63, 3.8) is 0 Å². The molecule has 2 amide bonds. The SMILES string of the molecule is CCOc1ccc(NC(=O)C(=O)Cc2nc3cc(Cl)ccc3nc2C(=O)Nc2ccccc2)cc1. The van der Waals surface area contributed by atoms with Crippen LogP contribution in [0.2, 0.25) is 5.02 Å². The lowest BCUT2D eigenvalue weighted by molar-refractivity contribution is -0.134. The molecule has 0 saturated heterocycles. The lowest BCUT2D eigenvalue weighted by Crippen LogP contribution is -2.26. The number of aromatic nitrogens is 2. The van der Waals surface area contributed by atoms with E-state index in [2.05, 4.69) is 20.6 Å². The van der Waals surface area contributed by atoms with Gasteiger partial charge in [-0.3, -0.25) is 14.4 Å². The molecule has 3 aromatic carbocycles. The van der Waals surface area contributed by atoms with Crippen LogP contribution >= 0.6 is 11.6 Å². The number of benzene rings is 3. The van der Waals surface area contributed by atoms with Gasteiger partial charge < -0.3 is 15.4 Å². The molecule has 2 N–H and O–H groups in total. The minimum Gasteiger partial charge on any atom is -0.494 e. The number of fused-ring (bicyclic) bond motifs is 1. The second-order valence-electron chi connectivity index (χ2n) is 7.48. The number of carbonyl (C=O) groups excluding carboxylic acids is 3. The summed E-state index contributed by atoms with van der Waals surface area (Å²) < 4.78 is 5.37. The van der Waals surface area contributed by atoms with Crippen molar-refractivity contribution >= 4 is 51.6 Å². The maximum absolute atomic E-state index is 13.0. The summed E-state index contributed by atoms with van der Waals surface area (Å²) in [7, 11) is 0. The Morgan fingerprint density at radius 2 is 1.57 bits per heavy atom. The van der Waals surface area contributed by atoms with Gasteiger partial charge >= 0.3 is 0 Å². The number of nitrogens with one attached hydrogen (secondary N) is 2. The first-order chi connectivity index (χ1) is 16.9. The van der Waals surface area contributed by atoms with Crippen molar-refractivity contribution in [2.45, 2.75) is 13.3 Å². The highest BCUT2D eigenvalue weighted by atomic mass is 35.5. The third-order valence-electron chi connectivity index (χ3n) is 4.95. The van der Waals surface area contributed by atoms with E-state index < -0.39 is 24.0 Å². The van der Waals surface area contributed by atoms with Gasteiger partial charge in [-0.05, 0) is 61.5 Å². The molecule has 176 valence electrons. The van der Waals surface area contributed by atoms with E-state index in [0.717, 1.165) is 0 Å². The van der Waals surface area contributed by atoms with Crippen molar-refractivity contribution in [2.75, 3.05) is 17.2 Å². The molecule has 9 heteroatoms. The standard InChI is InChI=1S/C26H21ClN4O4/c1-2-35-19-11-9-18(10-12-19)28-25(33)23(32)15-22-24(26(34)29-17-6-4-3-5-7-17)31-20-13-8-16(27)14-21(20)30-22/h3-14H,2,15H2,1H3,(H,28,33)(H,29,34). The molecule has 0 spiro atoms. The third kappa shape index (κ3) is 5.99. The fraction of sp³-hybridized carbons (Fsp3) is 0.115. The van der Waals surface area contributed by atoms with Gasteiger partial charge in [0.25, 0.3) is 11.8 Å². The minimum atomic E-state index is -0.837. The fourth-order valence-corrected chi connectivity index (χ4v) is 3.48. The van der Waals surface area contributed by atoms with Gasteiger partial charge in [-0.15, -0.1) is 0 Å². The van der Waals surface area contributed by atoms with Crippen LogP contribution in [-0.4, -0.2) is 34.2 Å². The Bertz CT molecular complexity index is 1390. The van der Waals surface area contributed by atoms with E-state index in [1.807, 2.05) is 13.0 Å². The summed E-state index contributed by atoms with van der Waals surface area (Å²) in [5, 5.41) is 5.72. The van der Waals surface area contributed by atoms with Crippen molar-refractivity contribution in [1.29, 1.82) is 0 Å². The minimum absolute atomic E-state index is 0.0501. The van der Waals surface area contributed by atoms with E-state index >= 15 is 0 Å². The zero-order valence-corrected chi connectivity index (χ0v) is 19.5. The van der Waals surface area contributed by atoms with Gasteiger partial charge in [-0.1, -0.05) is 29.8 Å². The normalized spacial score (nSPS) is 10.6. The maximum Gasteiger partial charge on any atom is 0.292 e. The molecule has 0 atom stereocenters. The van der Waals surface area contributed by atoms with Crippen molar-refractivity contribution in [1.82, 2.24) is 9.97 Å². The number of para-hydroxylation sites is 1. The Morgan fingerprint density at radius 1 is 0.857 bits per heavy atom. The largest absolute Gasteiger partial charge is 0.494 e. The highest BCUT2D eigenvalue weighted by Crippen LogP contribution is 2.20. The van der Waals surface area contributed by atoms with Crippen molar-refractivity contribution < 1.29 is 19.1 Å². The predicted molar refractivity (Wildman–Crippen MR) is 134 cm³/mol. The van der Waals surface area contributed by atoms with Gasteiger partial charge in [-0.25, -0.2) is 9.97 Å². The highest BCUT2D eigenvalue weighted by molar-refractivity contribution is 6.41. The van der Waals surface area contributed by atoms with Crippen LogP contribution in [0.5, 0.6) is 5.75 Å². The summed E-state index contributed by atoms with van der Waals surface area (Å²) in [5.74, 6) is -1.51. The molecule has 1 aromatic heterocycles. The molecular formula is C26H21ClN4O4. The Hall–Kier alpha value is -4.30. The number of carbonyl (C=O) groups is 3. The molecule has 4 rings (SSSR count). The molecule has 0 aliphatic rings. The van der Waals surface area contributed by atoms with Crippen LogP contribution in [0.15, 0.2) is 72.8 Å². The van der Waals surface area contributed by atoms with Crippen LogP contribution in [0.4, 0.5) is 11.4 Å². The summed E-state index contributed by atoms with van der Waals surface area (Å²) in [5.41, 5.74) is 1.85. The van der Waals surface area contributed by atoms with E-state index in [9.17, 15) is 14.4 Å². The van der Waals surface area contributed by atoms with Crippen LogP contribution in [0.3, 0.4) is 0 Å². The topological polar surface area (TPSA) is 110 Å². The average molecular weight is 489 g/mol. The fourth-order valence-electron chi connectivity index (χ4n) is 3.32. The second-order valence-corrected chi connectivity index (χ2v) is 7.92. The molecule has 0 unspecified atom stereocenters. The molecule has 0 radical (unpaired) electrons. The summed E-state index contributed by atoms with van der Waals surface area (Å²) >= 11 is 6.07. The molecule has 0 aliphatic carbocycles. The Labute approximate surface area is 206 Å². The van der Waals surface area contributed by atoms with Crippen molar-refractivity contribution in [3.8, 4) is 5.75 Å². The molecule has 8 nitrogen and oxygen atoms in total. The average Bonchev–Trinajstić information content (AvgIpc) is 2.85. The van der Waals surface area contributed by atoms with E-state index in [4.69, 9.17) is 16.3 Å². The van der Waals surface area contributed by atoms with Crippen molar-refractivity contribution in [3.05, 3.63) is 89.2 Å². The number of ketones is 1. The van der Waals surface area contributed by atoms with Crippen LogP contribution in [-0.2, 0) is 16.0 Å². The summed E-state index contributed by atoms with van der Waals surface area (Å²) in [6, 6.07) is 20.3. The molecular weight excluding hydrogens is 468 g/mol.